The van der Waals surface area contributed by atoms with E-state index in [9.17, 15) is 5.11 Å². The molecular weight excluding hydrogens is 176 g/mol. The van der Waals surface area contributed by atoms with Gasteiger partial charge in [-0.15, -0.1) is 0 Å². The van der Waals surface area contributed by atoms with Crippen LogP contribution in [0.1, 0.15) is 30.0 Å². The van der Waals surface area contributed by atoms with Crippen LogP contribution in [-0.4, -0.2) is 29.1 Å². The van der Waals surface area contributed by atoms with E-state index in [4.69, 9.17) is 0 Å². The molecule has 1 atom stereocenters. The Morgan fingerprint density at radius 2 is 2.07 bits per heavy atom. The number of aromatic nitrogens is 1. The van der Waals surface area contributed by atoms with Crippen LogP contribution < -0.4 is 0 Å². The first-order valence-electron chi connectivity index (χ1n) is 4.80. The van der Waals surface area contributed by atoms with Crippen molar-refractivity contribution in [3.63, 3.8) is 0 Å². The highest BCUT2D eigenvalue weighted by atomic mass is 16.3. The Labute approximate surface area is 85.4 Å². The number of rotatable bonds is 3. The Balaban J connectivity index is 3.03. The van der Waals surface area contributed by atoms with E-state index in [2.05, 4.69) is 4.98 Å². The van der Waals surface area contributed by atoms with E-state index in [1.807, 2.05) is 38.1 Å². The Morgan fingerprint density at radius 3 is 2.57 bits per heavy atom. The third-order valence-corrected chi connectivity index (χ3v) is 2.06. The predicted octanol–water partition coefficient (Wildman–Crippen LogP) is 1.50. The summed E-state index contributed by atoms with van der Waals surface area (Å²) < 4.78 is 0. The number of aryl methyl sites for hydroxylation is 1. The molecule has 0 saturated carbocycles. The first-order chi connectivity index (χ1) is 6.50. The van der Waals surface area contributed by atoms with E-state index in [-0.39, 0.29) is 0 Å². The van der Waals surface area contributed by atoms with Gasteiger partial charge >= 0.3 is 0 Å². The topological polar surface area (TPSA) is 36.4 Å². The lowest BCUT2D eigenvalue weighted by Gasteiger charge is -2.15. The molecule has 0 aromatic carbocycles. The van der Waals surface area contributed by atoms with Gasteiger partial charge in [-0.3, -0.25) is 4.98 Å². The van der Waals surface area contributed by atoms with Crippen molar-refractivity contribution in [2.45, 2.75) is 26.5 Å². The fraction of sp³-hybridized carbons (Fsp3) is 0.545. The van der Waals surface area contributed by atoms with E-state index >= 15 is 0 Å². The van der Waals surface area contributed by atoms with Gasteiger partial charge in [0.25, 0.3) is 0 Å². The van der Waals surface area contributed by atoms with Gasteiger partial charge in [-0.25, -0.2) is 0 Å². The van der Waals surface area contributed by atoms with Gasteiger partial charge in [0.05, 0.1) is 11.8 Å². The summed E-state index contributed by atoms with van der Waals surface area (Å²) in [6, 6.07) is 3.88. The molecule has 0 saturated heterocycles. The number of nitrogens with zero attached hydrogens (tertiary/aromatic N) is 2. The highest BCUT2D eigenvalue weighted by Gasteiger charge is 2.09. The minimum atomic E-state index is -0.446. The van der Waals surface area contributed by atoms with Crippen LogP contribution in [0, 0.1) is 6.92 Å². The summed E-state index contributed by atoms with van der Waals surface area (Å²) in [6.45, 7) is 4.50. The Kier molecular flexibility index (Phi) is 3.61. The summed E-state index contributed by atoms with van der Waals surface area (Å²) in [5, 5.41) is 9.55. The van der Waals surface area contributed by atoms with Gasteiger partial charge in [-0.2, -0.15) is 0 Å². The van der Waals surface area contributed by atoms with Crippen LogP contribution in [0.3, 0.4) is 0 Å². The fourth-order valence-electron chi connectivity index (χ4n) is 1.43. The van der Waals surface area contributed by atoms with E-state index in [1.54, 1.807) is 6.92 Å². The molecular formula is C11H18N2O. The van der Waals surface area contributed by atoms with Gasteiger partial charge in [0.2, 0.25) is 0 Å². The Hall–Kier alpha value is -0.930. The minimum Gasteiger partial charge on any atom is -0.389 e. The summed E-state index contributed by atoms with van der Waals surface area (Å²) in [4.78, 5) is 6.48. The summed E-state index contributed by atoms with van der Waals surface area (Å²) in [5.74, 6) is 0. The van der Waals surface area contributed by atoms with Crippen LogP contribution in [0.5, 0.6) is 0 Å². The summed E-state index contributed by atoms with van der Waals surface area (Å²) in [7, 11) is 3.99. The lowest BCUT2D eigenvalue weighted by Crippen LogP contribution is -2.15. The third kappa shape index (κ3) is 2.79. The van der Waals surface area contributed by atoms with Crippen LogP contribution in [0.4, 0.5) is 0 Å². The third-order valence-electron chi connectivity index (χ3n) is 2.06. The second-order valence-electron chi connectivity index (χ2n) is 3.90. The van der Waals surface area contributed by atoms with Gasteiger partial charge in [-0.1, -0.05) is 6.07 Å². The molecule has 78 valence electrons. The zero-order valence-corrected chi connectivity index (χ0v) is 9.28. The minimum absolute atomic E-state index is 0.446. The molecule has 1 N–H and O–H groups in total. The van der Waals surface area contributed by atoms with Crippen LogP contribution >= 0.6 is 0 Å². The van der Waals surface area contributed by atoms with E-state index in [0.717, 1.165) is 23.5 Å². The molecule has 0 bridgehead atoms. The highest BCUT2D eigenvalue weighted by molar-refractivity contribution is 5.24. The SMILES string of the molecule is Cc1ccc([C@@H](C)O)c(CN(C)C)n1. The molecule has 3 nitrogen and oxygen atoms in total. The molecule has 1 heterocycles. The maximum absolute atomic E-state index is 9.55. The number of hydrogen-bond acceptors (Lipinski definition) is 3. The summed E-state index contributed by atoms with van der Waals surface area (Å²) in [6.07, 6.45) is -0.446. The van der Waals surface area contributed by atoms with Crippen molar-refractivity contribution >= 4 is 0 Å². The molecule has 0 aliphatic carbocycles. The molecule has 1 aromatic heterocycles. The van der Waals surface area contributed by atoms with Crippen LogP contribution in [0.2, 0.25) is 0 Å². The average molecular weight is 194 g/mol. The van der Waals surface area contributed by atoms with E-state index in [0.29, 0.717) is 0 Å². The zero-order chi connectivity index (χ0) is 10.7. The molecule has 0 aliphatic heterocycles. The Morgan fingerprint density at radius 1 is 1.43 bits per heavy atom. The molecule has 14 heavy (non-hydrogen) atoms. The van der Waals surface area contributed by atoms with Crippen LogP contribution in [-0.2, 0) is 6.54 Å². The number of hydrogen-bond donors (Lipinski definition) is 1. The molecule has 0 aliphatic rings. The molecule has 0 fully saturated rings. The standard InChI is InChI=1S/C11H18N2O/c1-8-5-6-10(9(2)14)11(12-8)7-13(3)4/h5-6,9,14H,7H2,1-4H3/t9-/m1/s1. The number of aliphatic hydroxyl groups is 1. The largest absolute Gasteiger partial charge is 0.389 e. The number of pyridine rings is 1. The van der Waals surface area contributed by atoms with E-state index in [1.165, 1.54) is 0 Å². The van der Waals surface area contributed by atoms with Crippen molar-refractivity contribution < 1.29 is 5.11 Å². The van der Waals surface area contributed by atoms with Crippen molar-refractivity contribution in [1.29, 1.82) is 0 Å². The highest BCUT2D eigenvalue weighted by Crippen LogP contribution is 2.17. The average Bonchev–Trinajstić information content (AvgIpc) is 2.01. The predicted molar refractivity (Wildman–Crippen MR) is 57.0 cm³/mol. The van der Waals surface area contributed by atoms with Crippen molar-refractivity contribution in [3.8, 4) is 0 Å². The van der Waals surface area contributed by atoms with Crippen LogP contribution in [0.15, 0.2) is 12.1 Å². The number of aliphatic hydroxyl groups excluding tert-OH is 1. The quantitative estimate of drug-likeness (QED) is 0.792. The summed E-state index contributed by atoms with van der Waals surface area (Å²) in [5.41, 5.74) is 2.88. The maximum Gasteiger partial charge on any atom is 0.0780 e. The smallest absolute Gasteiger partial charge is 0.0780 e. The van der Waals surface area contributed by atoms with Crippen LogP contribution in [0.25, 0.3) is 0 Å². The fourth-order valence-corrected chi connectivity index (χ4v) is 1.43. The Bertz CT molecular complexity index is 308. The van der Waals surface area contributed by atoms with Gasteiger partial charge < -0.3 is 10.0 Å². The molecule has 0 amide bonds. The first kappa shape index (κ1) is 11.1. The maximum atomic E-state index is 9.55. The van der Waals surface area contributed by atoms with Gasteiger partial charge in [-0.05, 0) is 34.0 Å². The van der Waals surface area contributed by atoms with Gasteiger partial charge in [0.15, 0.2) is 0 Å². The molecule has 3 heteroatoms. The van der Waals surface area contributed by atoms with Gasteiger partial charge in [0.1, 0.15) is 0 Å². The molecule has 0 radical (unpaired) electrons. The van der Waals surface area contributed by atoms with Crippen molar-refractivity contribution in [2.24, 2.45) is 0 Å². The zero-order valence-electron chi connectivity index (χ0n) is 9.28. The second-order valence-corrected chi connectivity index (χ2v) is 3.90. The lowest BCUT2D eigenvalue weighted by molar-refractivity contribution is 0.196. The van der Waals surface area contributed by atoms with E-state index < -0.39 is 6.10 Å². The van der Waals surface area contributed by atoms with Gasteiger partial charge in [0, 0.05) is 17.8 Å². The molecule has 1 rings (SSSR count). The van der Waals surface area contributed by atoms with Crippen molar-refractivity contribution in [3.05, 3.63) is 29.1 Å². The molecule has 0 spiro atoms. The molecule has 1 aromatic rings. The normalized spacial score (nSPS) is 13.3. The van der Waals surface area contributed by atoms with Crippen molar-refractivity contribution in [2.75, 3.05) is 14.1 Å². The monoisotopic (exact) mass is 194 g/mol. The second kappa shape index (κ2) is 4.53. The van der Waals surface area contributed by atoms with Crippen molar-refractivity contribution in [1.82, 2.24) is 9.88 Å². The lowest BCUT2D eigenvalue weighted by atomic mass is 10.1. The summed E-state index contributed by atoms with van der Waals surface area (Å²) >= 11 is 0. The molecule has 0 unspecified atom stereocenters. The first-order valence-corrected chi connectivity index (χ1v) is 4.80.